The lowest BCUT2D eigenvalue weighted by atomic mass is 9.73. The second-order valence-electron chi connectivity index (χ2n) is 7.11. The Bertz CT molecular complexity index is 753. The molecule has 2 aliphatic rings. The molecule has 4 rings (SSSR count). The van der Waals surface area contributed by atoms with Crippen LogP contribution in [0.4, 0.5) is 5.95 Å². The number of hydrogen-bond acceptors (Lipinski definition) is 7. The van der Waals surface area contributed by atoms with Crippen LogP contribution in [0, 0.1) is 5.41 Å². The molecule has 0 aromatic carbocycles. The predicted molar refractivity (Wildman–Crippen MR) is 94.5 cm³/mol. The Kier molecular flexibility index (Phi) is 4.50. The van der Waals surface area contributed by atoms with Crippen LogP contribution in [0.2, 0.25) is 0 Å². The minimum atomic E-state index is -0.0264. The Labute approximate surface area is 152 Å². The normalized spacial score (nSPS) is 19.7. The molecule has 1 spiro atoms. The maximum Gasteiger partial charge on any atom is 0.257 e. The fraction of sp³-hybridized carbons (Fsp3) is 0.500. The van der Waals surface area contributed by atoms with Crippen LogP contribution >= 0.6 is 0 Å². The fourth-order valence-electron chi connectivity index (χ4n) is 3.53. The molecule has 0 radical (unpaired) electrons. The molecule has 0 bridgehead atoms. The number of aromatic nitrogens is 4. The van der Waals surface area contributed by atoms with Crippen molar-refractivity contribution < 1.29 is 9.53 Å². The van der Waals surface area contributed by atoms with Crippen LogP contribution < -0.4 is 5.32 Å². The van der Waals surface area contributed by atoms with E-state index in [1.165, 1.54) is 6.33 Å². The van der Waals surface area contributed by atoms with Crippen LogP contribution in [0.1, 0.15) is 41.7 Å². The summed E-state index contributed by atoms with van der Waals surface area (Å²) in [5.74, 6) is 0.473. The maximum atomic E-state index is 12.6. The van der Waals surface area contributed by atoms with Crippen LogP contribution in [0.15, 0.2) is 31.1 Å². The topological polar surface area (TPSA) is 93.1 Å². The molecule has 4 heterocycles. The third kappa shape index (κ3) is 3.37. The van der Waals surface area contributed by atoms with Crippen LogP contribution in [0.3, 0.4) is 0 Å². The zero-order valence-corrected chi connectivity index (χ0v) is 14.8. The first-order valence-electron chi connectivity index (χ1n) is 8.86. The number of rotatable bonds is 4. The van der Waals surface area contributed by atoms with Crippen molar-refractivity contribution in [1.29, 1.82) is 0 Å². The second kappa shape index (κ2) is 6.95. The number of nitrogens with one attached hydrogen (secondary N) is 1. The summed E-state index contributed by atoms with van der Waals surface area (Å²) in [5, 5.41) is 3.19. The van der Waals surface area contributed by atoms with E-state index in [1.54, 1.807) is 24.8 Å². The first kappa shape index (κ1) is 16.8. The van der Waals surface area contributed by atoms with Crippen molar-refractivity contribution >= 4 is 11.9 Å². The predicted octanol–water partition coefficient (Wildman–Crippen LogP) is 1.69. The summed E-state index contributed by atoms with van der Waals surface area (Å²) in [4.78, 5) is 31.0. The van der Waals surface area contributed by atoms with Gasteiger partial charge in [0.2, 0.25) is 5.95 Å². The van der Waals surface area contributed by atoms with Gasteiger partial charge in [-0.15, -0.1) is 0 Å². The molecular weight excluding hydrogens is 332 g/mol. The molecule has 1 atom stereocenters. The van der Waals surface area contributed by atoms with Gasteiger partial charge in [-0.1, -0.05) is 0 Å². The molecule has 2 fully saturated rings. The number of carbonyl (C=O) groups excluding carboxylic acids is 1. The Morgan fingerprint density at radius 3 is 2.46 bits per heavy atom. The fourth-order valence-corrected chi connectivity index (χ4v) is 3.53. The summed E-state index contributed by atoms with van der Waals surface area (Å²) in [6.45, 7) is 5.20. The van der Waals surface area contributed by atoms with E-state index in [-0.39, 0.29) is 17.4 Å². The zero-order chi connectivity index (χ0) is 18.0. The third-order valence-corrected chi connectivity index (χ3v) is 5.22. The van der Waals surface area contributed by atoms with E-state index in [9.17, 15) is 4.79 Å². The molecule has 8 nitrogen and oxygen atoms in total. The second-order valence-corrected chi connectivity index (χ2v) is 7.11. The highest BCUT2D eigenvalue weighted by Crippen LogP contribution is 2.40. The molecule has 8 heteroatoms. The van der Waals surface area contributed by atoms with Crippen molar-refractivity contribution in [2.75, 3.05) is 31.6 Å². The number of anilines is 1. The van der Waals surface area contributed by atoms with E-state index in [2.05, 4.69) is 25.3 Å². The molecule has 2 saturated heterocycles. The molecule has 26 heavy (non-hydrogen) atoms. The van der Waals surface area contributed by atoms with Crippen molar-refractivity contribution in [3.8, 4) is 0 Å². The zero-order valence-electron chi connectivity index (χ0n) is 14.8. The molecule has 2 aromatic heterocycles. The summed E-state index contributed by atoms with van der Waals surface area (Å²) in [7, 11) is 0. The average Bonchev–Trinajstić information content (AvgIpc) is 2.67. The first-order valence-corrected chi connectivity index (χ1v) is 8.86. The van der Waals surface area contributed by atoms with Crippen molar-refractivity contribution in [2.24, 2.45) is 5.41 Å². The number of ether oxygens (including phenoxy) is 1. The van der Waals surface area contributed by atoms with Crippen LogP contribution in [0.25, 0.3) is 0 Å². The SMILES string of the molecule is C[C@H](Nc1ncc(C(=O)N2CC3(CCOCC3)C2)cn1)c1cncnc1. The quantitative estimate of drug-likeness (QED) is 0.893. The van der Waals surface area contributed by atoms with Gasteiger partial charge in [0.15, 0.2) is 0 Å². The third-order valence-electron chi connectivity index (χ3n) is 5.22. The highest BCUT2D eigenvalue weighted by Gasteiger charge is 2.45. The number of likely N-dealkylation sites (tertiary alicyclic amines) is 1. The number of carbonyl (C=O) groups is 1. The highest BCUT2D eigenvalue weighted by molar-refractivity contribution is 5.94. The minimum absolute atomic E-state index is 0.00169. The molecule has 0 saturated carbocycles. The van der Waals surface area contributed by atoms with Gasteiger partial charge in [0.05, 0.1) is 11.6 Å². The van der Waals surface area contributed by atoms with Crippen molar-refractivity contribution in [1.82, 2.24) is 24.8 Å². The molecule has 1 amide bonds. The van der Waals surface area contributed by atoms with Gasteiger partial charge in [-0.05, 0) is 19.8 Å². The Morgan fingerprint density at radius 1 is 1.15 bits per heavy atom. The summed E-state index contributed by atoms with van der Waals surface area (Å²) in [6.07, 6.45) is 10.2. The molecule has 2 aromatic rings. The monoisotopic (exact) mass is 354 g/mol. The van der Waals surface area contributed by atoms with Gasteiger partial charge in [0, 0.05) is 62.1 Å². The lowest BCUT2D eigenvalue weighted by Gasteiger charge is -2.52. The Balaban J connectivity index is 1.35. The summed E-state index contributed by atoms with van der Waals surface area (Å²) in [5.41, 5.74) is 1.73. The standard InChI is InChI=1S/C18H22N6O2/c1-13(14-6-19-12-20-7-14)23-17-21-8-15(9-22-17)16(25)24-10-18(11-24)2-4-26-5-3-18/h6-9,12-13H,2-5,10-11H2,1H3,(H,21,22,23)/t13-/m0/s1. The van der Waals surface area contributed by atoms with E-state index in [1.807, 2.05) is 11.8 Å². The van der Waals surface area contributed by atoms with Gasteiger partial charge in [0.1, 0.15) is 6.33 Å². The number of amides is 1. The summed E-state index contributed by atoms with van der Waals surface area (Å²) in [6, 6.07) is -0.0264. The Morgan fingerprint density at radius 2 is 1.81 bits per heavy atom. The number of nitrogens with zero attached hydrogens (tertiary/aromatic N) is 5. The largest absolute Gasteiger partial charge is 0.381 e. The van der Waals surface area contributed by atoms with Gasteiger partial charge in [-0.3, -0.25) is 4.79 Å². The minimum Gasteiger partial charge on any atom is -0.381 e. The number of hydrogen-bond donors (Lipinski definition) is 1. The van der Waals surface area contributed by atoms with Gasteiger partial charge >= 0.3 is 0 Å². The van der Waals surface area contributed by atoms with Crippen molar-refractivity contribution in [3.63, 3.8) is 0 Å². The Hall–Kier alpha value is -2.61. The van der Waals surface area contributed by atoms with E-state index >= 15 is 0 Å². The molecule has 2 aliphatic heterocycles. The van der Waals surface area contributed by atoms with E-state index in [4.69, 9.17) is 4.74 Å². The lowest BCUT2D eigenvalue weighted by Crippen LogP contribution is -2.60. The maximum absolute atomic E-state index is 12.6. The molecule has 0 aliphatic carbocycles. The van der Waals surface area contributed by atoms with Gasteiger partial charge in [0.25, 0.3) is 5.91 Å². The van der Waals surface area contributed by atoms with E-state index < -0.39 is 0 Å². The summed E-state index contributed by atoms with van der Waals surface area (Å²) < 4.78 is 5.42. The van der Waals surface area contributed by atoms with E-state index in [0.717, 1.165) is 44.7 Å². The van der Waals surface area contributed by atoms with Crippen LogP contribution in [-0.4, -0.2) is 57.0 Å². The van der Waals surface area contributed by atoms with Crippen LogP contribution in [0.5, 0.6) is 0 Å². The molecular formula is C18H22N6O2. The van der Waals surface area contributed by atoms with Gasteiger partial charge in [-0.25, -0.2) is 19.9 Å². The van der Waals surface area contributed by atoms with Crippen molar-refractivity contribution in [3.05, 3.63) is 42.2 Å². The lowest BCUT2D eigenvalue weighted by molar-refractivity contribution is -0.0666. The van der Waals surface area contributed by atoms with Crippen LogP contribution in [-0.2, 0) is 4.74 Å². The first-order chi connectivity index (χ1) is 12.7. The van der Waals surface area contributed by atoms with Gasteiger partial charge < -0.3 is 15.0 Å². The summed E-state index contributed by atoms with van der Waals surface area (Å²) >= 11 is 0. The molecule has 136 valence electrons. The highest BCUT2D eigenvalue weighted by atomic mass is 16.5. The smallest absolute Gasteiger partial charge is 0.257 e. The average molecular weight is 354 g/mol. The molecule has 1 N–H and O–H groups in total. The molecule has 0 unspecified atom stereocenters. The van der Waals surface area contributed by atoms with Crippen molar-refractivity contribution in [2.45, 2.75) is 25.8 Å². The van der Waals surface area contributed by atoms with Gasteiger partial charge in [-0.2, -0.15) is 0 Å². The van der Waals surface area contributed by atoms with E-state index in [0.29, 0.717) is 11.5 Å².